The molecule has 1 aliphatic carbocycles. The fourth-order valence-electron chi connectivity index (χ4n) is 3.25. The van der Waals surface area contributed by atoms with E-state index in [9.17, 15) is 0 Å². The van der Waals surface area contributed by atoms with Crippen molar-refractivity contribution in [3.63, 3.8) is 0 Å². The molecule has 2 saturated heterocycles. The Kier molecular flexibility index (Phi) is 3.46. The highest BCUT2D eigenvalue weighted by atomic mass is 15.3. The van der Waals surface area contributed by atoms with E-state index in [-0.39, 0.29) is 0 Å². The highest BCUT2D eigenvalue weighted by Crippen LogP contribution is 2.31. The van der Waals surface area contributed by atoms with Gasteiger partial charge in [-0.2, -0.15) is 0 Å². The fourth-order valence-corrected chi connectivity index (χ4v) is 3.25. The van der Waals surface area contributed by atoms with Crippen LogP contribution in [0.4, 0.5) is 0 Å². The van der Waals surface area contributed by atoms with Crippen LogP contribution in [0.15, 0.2) is 0 Å². The molecule has 0 radical (unpaired) electrons. The summed E-state index contributed by atoms with van der Waals surface area (Å²) in [6.45, 7) is 7.79. The molecule has 2 heterocycles. The molecule has 1 saturated carbocycles. The van der Waals surface area contributed by atoms with Gasteiger partial charge in [0.1, 0.15) is 0 Å². The van der Waals surface area contributed by atoms with Crippen molar-refractivity contribution in [2.45, 2.75) is 44.2 Å². The van der Waals surface area contributed by atoms with Crippen LogP contribution in [0.25, 0.3) is 0 Å². The molecule has 1 N–H and O–H groups in total. The smallest absolute Gasteiger partial charge is 0.0235 e. The Morgan fingerprint density at radius 1 is 0.750 bits per heavy atom. The molecule has 3 fully saturated rings. The highest BCUT2D eigenvalue weighted by Gasteiger charge is 2.36. The average molecular weight is 223 g/mol. The summed E-state index contributed by atoms with van der Waals surface area (Å²) in [4.78, 5) is 5.50. The molecule has 1 atom stereocenters. The summed E-state index contributed by atoms with van der Waals surface area (Å²) in [5.41, 5.74) is 0. The number of rotatable bonds is 2. The molecule has 3 heteroatoms. The summed E-state index contributed by atoms with van der Waals surface area (Å²) in [5.74, 6) is 0. The van der Waals surface area contributed by atoms with Gasteiger partial charge in [-0.3, -0.25) is 9.80 Å². The molecule has 16 heavy (non-hydrogen) atoms. The van der Waals surface area contributed by atoms with Crippen molar-refractivity contribution in [1.29, 1.82) is 0 Å². The topological polar surface area (TPSA) is 18.5 Å². The minimum atomic E-state index is 0.874. The van der Waals surface area contributed by atoms with Crippen LogP contribution in [0, 0.1) is 0 Å². The van der Waals surface area contributed by atoms with Gasteiger partial charge in [0.15, 0.2) is 0 Å². The molecule has 0 amide bonds. The molecule has 0 aromatic heterocycles. The maximum absolute atomic E-state index is 3.50. The van der Waals surface area contributed by atoms with E-state index in [4.69, 9.17) is 0 Å². The lowest BCUT2D eigenvalue weighted by Crippen LogP contribution is -2.42. The van der Waals surface area contributed by atoms with Crippen molar-refractivity contribution in [2.24, 2.45) is 0 Å². The minimum Gasteiger partial charge on any atom is -0.317 e. The van der Waals surface area contributed by atoms with Crippen LogP contribution in [0.1, 0.15) is 32.1 Å². The van der Waals surface area contributed by atoms with Crippen molar-refractivity contribution in [2.75, 3.05) is 39.3 Å². The molecule has 0 spiro atoms. The first kappa shape index (κ1) is 11.0. The molecular formula is C13H25N3. The monoisotopic (exact) mass is 223 g/mol. The predicted molar refractivity (Wildman–Crippen MR) is 66.7 cm³/mol. The van der Waals surface area contributed by atoms with E-state index in [0.29, 0.717) is 0 Å². The largest absolute Gasteiger partial charge is 0.317 e. The van der Waals surface area contributed by atoms with Crippen LogP contribution in [0.2, 0.25) is 0 Å². The normalized spacial score (nSPS) is 34.9. The third-order valence-corrected chi connectivity index (χ3v) is 4.37. The van der Waals surface area contributed by atoms with Gasteiger partial charge < -0.3 is 5.32 Å². The molecule has 0 aromatic carbocycles. The van der Waals surface area contributed by atoms with Crippen LogP contribution in [-0.4, -0.2) is 61.2 Å². The van der Waals surface area contributed by atoms with Crippen molar-refractivity contribution in [3.05, 3.63) is 0 Å². The average Bonchev–Trinajstić information content (AvgIpc) is 2.98. The van der Waals surface area contributed by atoms with E-state index >= 15 is 0 Å². The third-order valence-electron chi connectivity index (χ3n) is 4.37. The Morgan fingerprint density at radius 3 is 2.19 bits per heavy atom. The molecule has 3 aliphatic rings. The first-order valence-electron chi connectivity index (χ1n) is 7.12. The number of hydrogen-bond acceptors (Lipinski definition) is 3. The Balaban J connectivity index is 1.50. The Labute approximate surface area is 99.2 Å². The molecule has 0 bridgehead atoms. The molecule has 2 aliphatic heterocycles. The van der Waals surface area contributed by atoms with Gasteiger partial charge in [-0.15, -0.1) is 0 Å². The lowest BCUT2D eigenvalue weighted by atomic mass is 10.2. The van der Waals surface area contributed by atoms with E-state index in [1.807, 2.05) is 0 Å². The zero-order valence-corrected chi connectivity index (χ0v) is 10.3. The first-order valence-corrected chi connectivity index (χ1v) is 7.12. The summed E-state index contributed by atoms with van der Waals surface area (Å²) in [6.07, 6.45) is 7.02. The lowest BCUT2D eigenvalue weighted by Gasteiger charge is -2.30. The Hall–Kier alpha value is -0.120. The summed E-state index contributed by atoms with van der Waals surface area (Å²) in [5, 5.41) is 3.50. The van der Waals surface area contributed by atoms with Crippen molar-refractivity contribution in [3.8, 4) is 0 Å². The predicted octanol–water partition coefficient (Wildman–Crippen LogP) is 0.908. The van der Waals surface area contributed by atoms with Crippen molar-refractivity contribution < 1.29 is 0 Å². The lowest BCUT2D eigenvalue weighted by molar-refractivity contribution is 0.178. The van der Waals surface area contributed by atoms with Gasteiger partial charge in [0.25, 0.3) is 0 Å². The van der Waals surface area contributed by atoms with Crippen LogP contribution in [0.5, 0.6) is 0 Å². The number of nitrogens with one attached hydrogen (secondary N) is 1. The summed E-state index contributed by atoms with van der Waals surface area (Å²) >= 11 is 0. The van der Waals surface area contributed by atoms with E-state index in [0.717, 1.165) is 12.1 Å². The molecule has 92 valence electrons. The minimum absolute atomic E-state index is 0.874. The van der Waals surface area contributed by atoms with Gasteiger partial charge in [-0.25, -0.2) is 0 Å². The standard InChI is InChI=1S/C13H25N3/c1-6-14-7-2-9-15(8-1)13-5-10-16(11-13)12-3-4-12/h12-14H,1-11H2. The van der Waals surface area contributed by atoms with Crippen LogP contribution in [-0.2, 0) is 0 Å². The SMILES string of the molecule is C1CNCCCN(C2CCN(C3CC3)C2)C1. The van der Waals surface area contributed by atoms with Gasteiger partial charge in [-0.1, -0.05) is 0 Å². The van der Waals surface area contributed by atoms with Gasteiger partial charge >= 0.3 is 0 Å². The summed E-state index contributed by atoms with van der Waals surface area (Å²) in [7, 11) is 0. The van der Waals surface area contributed by atoms with Gasteiger partial charge in [0.05, 0.1) is 0 Å². The van der Waals surface area contributed by atoms with Gasteiger partial charge in [-0.05, 0) is 58.3 Å². The number of likely N-dealkylation sites (tertiary alicyclic amines) is 1. The molecule has 3 rings (SSSR count). The maximum Gasteiger partial charge on any atom is 0.0235 e. The second-order valence-electron chi connectivity index (χ2n) is 5.66. The Morgan fingerprint density at radius 2 is 1.50 bits per heavy atom. The van der Waals surface area contributed by atoms with E-state index < -0.39 is 0 Å². The van der Waals surface area contributed by atoms with Gasteiger partial charge in [0, 0.05) is 25.2 Å². The second kappa shape index (κ2) is 5.03. The summed E-state index contributed by atoms with van der Waals surface area (Å²) in [6, 6.07) is 1.85. The van der Waals surface area contributed by atoms with Crippen molar-refractivity contribution >= 4 is 0 Å². The van der Waals surface area contributed by atoms with Crippen LogP contribution in [0.3, 0.4) is 0 Å². The zero-order chi connectivity index (χ0) is 10.8. The van der Waals surface area contributed by atoms with Crippen LogP contribution < -0.4 is 5.32 Å². The molecule has 1 unspecified atom stereocenters. The molecular weight excluding hydrogens is 198 g/mol. The second-order valence-corrected chi connectivity index (χ2v) is 5.66. The first-order chi connectivity index (χ1) is 7.93. The van der Waals surface area contributed by atoms with E-state index in [2.05, 4.69) is 15.1 Å². The zero-order valence-electron chi connectivity index (χ0n) is 10.3. The van der Waals surface area contributed by atoms with Crippen molar-refractivity contribution in [1.82, 2.24) is 15.1 Å². The third kappa shape index (κ3) is 2.58. The Bertz CT molecular complexity index is 219. The van der Waals surface area contributed by atoms with Crippen LogP contribution >= 0.6 is 0 Å². The number of nitrogens with zero attached hydrogens (tertiary/aromatic N) is 2. The van der Waals surface area contributed by atoms with E-state index in [1.54, 1.807) is 0 Å². The molecule has 0 aromatic rings. The highest BCUT2D eigenvalue weighted by molar-refractivity contribution is 4.92. The summed E-state index contributed by atoms with van der Waals surface area (Å²) < 4.78 is 0. The maximum atomic E-state index is 3.50. The number of hydrogen-bond donors (Lipinski definition) is 1. The van der Waals surface area contributed by atoms with Gasteiger partial charge in [0.2, 0.25) is 0 Å². The van der Waals surface area contributed by atoms with E-state index in [1.165, 1.54) is 71.4 Å². The quantitative estimate of drug-likeness (QED) is 0.751. The fraction of sp³-hybridized carbons (Fsp3) is 1.00. The molecule has 3 nitrogen and oxygen atoms in total.